The zero-order chi connectivity index (χ0) is 42.8. The summed E-state index contributed by atoms with van der Waals surface area (Å²) in [6, 6.07) is 5.31. The number of aromatic amines is 1. The Morgan fingerprint density at radius 3 is 1.84 bits per heavy atom. The molecule has 1 aromatic carbocycles. The number of aliphatic carboxylic acids is 1. The van der Waals surface area contributed by atoms with Crippen LogP contribution >= 0.6 is 0 Å². The molecule has 0 bridgehead atoms. The highest BCUT2D eigenvalue weighted by molar-refractivity contribution is 5.94. The molecule has 0 radical (unpaired) electrons. The van der Waals surface area contributed by atoms with E-state index in [-0.39, 0.29) is 31.2 Å². The molecule has 2 aromatic rings. The van der Waals surface area contributed by atoms with Crippen LogP contribution in [0.1, 0.15) is 79.2 Å². The molecule has 11 N–H and O–H groups in total. The SMILES string of the molecule is CC(C)C.CC(C)CC(NC(=O)CN)C(=O)NCC(=O)NC(CCC(=O)O)C(=O)NCC(=O)NC(C)C(=O)N1CCCC1.Cc1c[nH]c2ccccc12.NC=O. The second-order valence-corrected chi connectivity index (χ2v) is 14.1. The fraction of sp³-hybridized carbons (Fsp3) is 0.579. The first-order valence-electron chi connectivity index (χ1n) is 18.7. The van der Waals surface area contributed by atoms with Crippen LogP contribution in [0.4, 0.5) is 0 Å². The Kier molecular flexibility index (Phi) is 25.2. The number of hydrogen-bond acceptors (Lipinski definition) is 9. The number of hydrogen-bond donors (Lipinski definition) is 9. The van der Waals surface area contributed by atoms with Crippen molar-refractivity contribution < 1.29 is 43.5 Å². The molecule has 1 fully saturated rings. The molecule has 3 unspecified atom stereocenters. The van der Waals surface area contributed by atoms with E-state index in [1.54, 1.807) is 4.90 Å². The van der Waals surface area contributed by atoms with Crippen LogP contribution in [0.15, 0.2) is 30.5 Å². The fourth-order valence-corrected chi connectivity index (χ4v) is 5.10. The Hall–Kier alpha value is -5.52. The summed E-state index contributed by atoms with van der Waals surface area (Å²) in [5, 5.41) is 22.4. The number of aromatic nitrogens is 1. The van der Waals surface area contributed by atoms with Gasteiger partial charge in [-0.15, -0.1) is 0 Å². The van der Waals surface area contributed by atoms with E-state index < -0.39 is 73.1 Å². The summed E-state index contributed by atoms with van der Waals surface area (Å²) in [6.07, 6.45) is 3.67. The van der Waals surface area contributed by atoms with E-state index in [1.165, 1.54) is 23.4 Å². The Morgan fingerprint density at radius 2 is 1.34 bits per heavy atom. The number of nitrogens with two attached hydrogens (primary N) is 2. The van der Waals surface area contributed by atoms with Gasteiger partial charge < -0.3 is 53.0 Å². The fourth-order valence-electron chi connectivity index (χ4n) is 5.10. The number of carboxylic acid groups (broad SMARTS) is 1. The van der Waals surface area contributed by atoms with Crippen molar-refractivity contribution in [2.45, 2.75) is 98.7 Å². The molecule has 18 nitrogen and oxygen atoms in total. The van der Waals surface area contributed by atoms with E-state index in [0.717, 1.165) is 18.8 Å². The maximum absolute atomic E-state index is 12.6. The molecular weight excluding hydrogens is 726 g/mol. The van der Waals surface area contributed by atoms with Gasteiger partial charge in [0.25, 0.3) is 0 Å². The smallest absolute Gasteiger partial charge is 0.303 e. The molecule has 0 spiro atoms. The van der Waals surface area contributed by atoms with Crippen molar-refractivity contribution in [1.82, 2.24) is 36.5 Å². The van der Waals surface area contributed by atoms with Gasteiger partial charge in [0.1, 0.15) is 18.1 Å². The minimum atomic E-state index is -1.30. The number of carbonyl (C=O) groups is 8. The average Bonchev–Trinajstić information content (AvgIpc) is 3.81. The molecule has 1 aliphatic heterocycles. The molecule has 56 heavy (non-hydrogen) atoms. The largest absolute Gasteiger partial charge is 0.481 e. The lowest BCUT2D eigenvalue weighted by molar-refractivity contribution is -0.138. The zero-order valence-electron chi connectivity index (χ0n) is 33.7. The summed E-state index contributed by atoms with van der Waals surface area (Å²) < 4.78 is 0. The molecule has 7 amide bonds. The van der Waals surface area contributed by atoms with Crippen molar-refractivity contribution in [2.24, 2.45) is 23.3 Å². The summed E-state index contributed by atoms with van der Waals surface area (Å²) in [6.45, 7) is 13.7. The van der Waals surface area contributed by atoms with Gasteiger partial charge in [0, 0.05) is 36.6 Å². The monoisotopic (exact) mass is 789 g/mol. The molecule has 2 heterocycles. The van der Waals surface area contributed by atoms with Crippen LogP contribution in [0, 0.1) is 18.8 Å². The molecule has 0 saturated carbocycles. The minimum Gasteiger partial charge on any atom is -0.481 e. The molecule has 3 rings (SSSR count). The standard InChI is InChI=1S/C24H41N7O8.C9H9N.C4H10.CH3NO/c1-14(2)10-17(30-18(32)11-25)23(38)27-13-20(34)29-16(6-7-21(35)36)22(37)26-12-19(33)28-15(3)24(39)31-8-4-5-9-31;1-7-6-10-9-5-3-2-4-8(7)9;1-4(2)3;2-1-3/h14-17H,4-13,25H2,1-3H3,(H,26,37)(H,27,38)(H,28,33)(H,29,34)(H,30,32)(H,35,36);2-6,10H,1H3;4H,1-3H3;1H,(H2,2,3). The second-order valence-electron chi connectivity index (χ2n) is 14.1. The normalized spacial score (nSPS) is 13.2. The van der Waals surface area contributed by atoms with Crippen LogP contribution < -0.4 is 38.1 Å². The van der Waals surface area contributed by atoms with E-state index in [0.29, 0.717) is 19.5 Å². The van der Waals surface area contributed by atoms with Gasteiger partial charge >= 0.3 is 5.97 Å². The lowest BCUT2D eigenvalue weighted by atomic mass is 10.0. The van der Waals surface area contributed by atoms with Gasteiger partial charge in [-0.25, -0.2) is 0 Å². The van der Waals surface area contributed by atoms with Crippen molar-refractivity contribution in [3.8, 4) is 0 Å². The second kappa shape index (κ2) is 28.0. The van der Waals surface area contributed by atoms with Gasteiger partial charge in [0.2, 0.25) is 41.9 Å². The van der Waals surface area contributed by atoms with Crippen LogP contribution in [0.5, 0.6) is 0 Å². The number of nitrogens with zero attached hydrogens (tertiary/aromatic N) is 1. The number of primary amides is 1. The molecule has 18 heteroatoms. The number of benzene rings is 1. The number of fused-ring (bicyclic) bond motifs is 1. The molecule has 1 aliphatic rings. The predicted molar refractivity (Wildman–Crippen MR) is 212 cm³/mol. The van der Waals surface area contributed by atoms with Crippen molar-refractivity contribution in [1.29, 1.82) is 0 Å². The van der Waals surface area contributed by atoms with Crippen LogP contribution in [-0.2, 0) is 38.4 Å². The van der Waals surface area contributed by atoms with Gasteiger partial charge in [-0.05, 0) is 63.0 Å². The van der Waals surface area contributed by atoms with E-state index in [1.807, 2.05) is 26.1 Å². The van der Waals surface area contributed by atoms with E-state index in [4.69, 9.17) is 15.6 Å². The number of amides is 7. The third kappa shape index (κ3) is 22.0. The highest BCUT2D eigenvalue weighted by Crippen LogP contribution is 2.15. The Labute approximate surface area is 329 Å². The number of aryl methyl sites for hydroxylation is 1. The van der Waals surface area contributed by atoms with E-state index >= 15 is 0 Å². The third-order valence-electron chi connectivity index (χ3n) is 7.65. The van der Waals surface area contributed by atoms with Gasteiger partial charge in [-0.3, -0.25) is 38.4 Å². The number of H-pyrrole nitrogens is 1. The van der Waals surface area contributed by atoms with Crippen molar-refractivity contribution in [2.75, 3.05) is 32.7 Å². The van der Waals surface area contributed by atoms with Crippen molar-refractivity contribution >= 4 is 58.7 Å². The number of carbonyl (C=O) groups excluding carboxylic acids is 7. The maximum Gasteiger partial charge on any atom is 0.303 e. The topological polar surface area (TPSA) is 288 Å². The Bertz CT molecular complexity index is 1550. The number of carboxylic acids is 1. The highest BCUT2D eigenvalue weighted by atomic mass is 16.4. The summed E-state index contributed by atoms with van der Waals surface area (Å²) >= 11 is 0. The quantitative estimate of drug-likeness (QED) is 0.106. The number of likely N-dealkylation sites (tertiary alicyclic amines) is 1. The van der Waals surface area contributed by atoms with Gasteiger partial charge in [-0.1, -0.05) is 52.8 Å². The first kappa shape index (κ1) is 50.5. The number of nitrogens with one attached hydrogen (secondary N) is 6. The molecular formula is C38H63N9O9. The van der Waals surface area contributed by atoms with Crippen LogP contribution in [-0.4, -0.2) is 114 Å². The number of para-hydroxylation sites is 1. The van der Waals surface area contributed by atoms with Crippen LogP contribution in [0.3, 0.4) is 0 Å². The first-order valence-corrected chi connectivity index (χ1v) is 18.7. The van der Waals surface area contributed by atoms with E-state index in [9.17, 15) is 33.6 Å². The van der Waals surface area contributed by atoms with Gasteiger partial charge in [-0.2, -0.15) is 0 Å². The van der Waals surface area contributed by atoms with Crippen molar-refractivity contribution in [3.05, 3.63) is 36.0 Å². The summed E-state index contributed by atoms with van der Waals surface area (Å²) in [5.41, 5.74) is 12.0. The Balaban J connectivity index is 0.00000145. The van der Waals surface area contributed by atoms with E-state index in [2.05, 4.69) is 83.2 Å². The Morgan fingerprint density at radius 1 is 0.839 bits per heavy atom. The first-order chi connectivity index (χ1) is 26.4. The molecule has 314 valence electrons. The summed E-state index contributed by atoms with van der Waals surface area (Å²) in [7, 11) is 0. The predicted octanol–water partition coefficient (Wildman–Crippen LogP) is 0.425. The average molecular weight is 790 g/mol. The van der Waals surface area contributed by atoms with Crippen molar-refractivity contribution in [3.63, 3.8) is 0 Å². The summed E-state index contributed by atoms with van der Waals surface area (Å²) in [5.74, 6) is -3.92. The van der Waals surface area contributed by atoms with Gasteiger partial charge in [0.15, 0.2) is 0 Å². The lowest BCUT2D eigenvalue weighted by Gasteiger charge is -2.22. The summed E-state index contributed by atoms with van der Waals surface area (Å²) in [4.78, 5) is 98.2. The zero-order valence-corrected chi connectivity index (χ0v) is 33.7. The van der Waals surface area contributed by atoms with Crippen LogP contribution in [0.2, 0.25) is 0 Å². The highest BCUT2D eigenvalue weighted by Gasteiger charge is 2.27. The lowest BCUT2D eigenvalue weighted by Crippen LogP contribution is -2.54. The molecule has 1 aromatic heterocycles. The van der Waals surface area contributed by atoms with Crippen LogP contribution in [0.25, 0.3) is 10.9 Å². The maximum atomic E-state index is 12.6. The third-order valence-corrected chi connectivity index (χ3v) is 7.65. The molecule has 0 aliphatic carbocycles. The molecule has 3 atom stereocenters. The molecule has 1 saturated heterocycles. The number of rotatable bonds is 16. The minimum absolute atomic E-state index is 0.0512. The van der Waals surface area contributed by atoms with Gasteiger partial charge in [0.05, 0.1) is 19.6 Å².